The lowest BCUT2D eigenvalue weighted by Gasteiger charge is -2.25. The van der Waals surface area contributed by atoms with Gasteiger partial charge in [0.15, 0.2) is 0 Å². The Morgan fingerprint density at radius 3 is 2.24 bits per heavy atom. The van der Waals surface area contributed by atoms with Crippen molar-refractivity contribution in [3.63, 3.8) is 0 Å². The molecule has 0 saturated carbocycles. The molecule has 100 valence electrons. The van der Waals surface area contributed by atoms with Gasteiger partial charge in [-0.2, -0.15) is 0 Å². The largest absolute Gasteiger partial charge is 0.465 e. The van der Waals surface area contributed by atoms with E-state index < -0.39 is 0 Å². The van der Waals surface area contributed by atoms with Gasteiger partial charge in [-0.1, -0.05) is 13.8 Å². The average Bonchev–Trinajstić information content (AvgIpc) is 2.22. The van der Waals surface area contributed by atoms with Crippen LogP contribution in [0.4, 0.5) is 0 Å². The summed E-state index contributed by atoms with van der Waals surface area (Å²) in [5, 5.41) is 0.413. The molecule has 0 N–H and O–H groups in total. The highest BCUT2D eigenvalue weighted by Gasteiger charge is 2.20. The molecular weight excluding hydrogens is 238 g/mol. The van der Waals surface area contributed by atoms with E-state index in [1.54, 1.807) is 23.6 Å². The van der Waals surface area contributed by atoms with Crippen LogP contribution in [-0.2, 0) is 14.3 Å². The Morgan fingerprint density at radius 1 is 1.24 bits per heavy atom. The molecule has 0 aromatic rings. The van der Waals surface area contributed by atoms with E-state index in [9.17, 15) is 9.59 Å². The van der Waals surface area contributed by atoms with Crippen LogP contribution in [0.2, 0.25) is 0 Å². The van der Waals surface area contributed by atoms with Gasteiger partial charge in [-0.3, -0.25) is 9.59 Å². The second-order valence-corrected chi connectivity index (χ2v) is 5.84. The van der Waals surface area contributed by atoms with Crippen molar-refractivity contribution in [2.75, 3.05) is 18.9 Å². The number of carbonyl (C=O) groups excluding carboxylic acids is 2. The lowest BCUT2D eigenvalue weighted by molar-refractivity contribution is -0.149. The van der Waals surface area contributed by atoms with Gasteiger partial charge in [0.1, 0.15) is 6.54 Å². The van der Waals surface area contributed by atoms with Crippen LogP contribution in [0.15, 0.2) is 0 Å². The molecule has 0 radical (unpaired) electrons. The van der Waals surface area contributed by atoms with Crippen molar-refractivity contribution in [2.45, 2.75) is 45.9 Å². The van der Waals surface area contributed by atoms with Crippen molar-refractivity contribution in [1.29, 1.82) is 0 Å². The minimum Gasteiger partial charge on any atom is -0.465 e. The van der Waals surface area contributed by atoms with Gasteiger partial charge in [-0.25, -0.2) is 0 Å². The average molecular weight is 261 g/mol. The number of hydrogen-bond acceptors (Lipinski definition) is 4. The van der Waals surface area contributed by atoms with E-state index in [-0.39, 0.29) is 24.5 Å². The SMILES string of the molecule is CCOC(=O)CN(C(=O)CSC(C)C)C(C)C. The monoisotopic (exact) mass is 261 g/mol. The number of esters is 1. The van der Waals surface area contributed by atoms with Crippen molar-refractivity contribution in [3.8, 4) is 0 Å². The Kier molecular flexibility index (Phi) is 8.04. The first kappa shape index (κ1) is 16.3. The summed E-state index contributed by atoms with van der Waals surface area (Å²) in [6.45, 7) is 10.0. The molecule has 0 aliphatic carbocycles. The van der Waals surface area contributed by atoms with E-state index in [4.69, 9.17) is 4.74 Å². The molecule has 0 rings (SSSR count). The van der Waals surface area contributed by atoms with Gasteiger partial charge in [0.25, 0.3) is 0 Å². The molecule has 0 atom stereocenters. The van der Waals surface area contributed by atoms with Crippen LogP contribution < -0.4 is 0 Å². The maximum atomic E-state index is 11.9. The normalized spacial score (nSPS) is 10.8. The molecule has 0 aliphatic rings. The van der Waals surface area contributed by atoms with Gasteiger partial charge in [0, 0.05) is 6.04 Å². The van der Waals surface area contributed by atoms with Crippen molar-refractivity contribution >= 4 is 23.6 Å². The molecule has 0 aromatic carbocycles. The molecule has 17 heavy (non-hydrogen) atoms. The molecule has 0 heterocycles. The third-order valence-electron chi connectivity index (χ3n) is 2.09. The van der Waals surface area contributed by atoms with E-state index in [0.717, 1.165) is 0 Å². The first-order valence-electron chi connectivity index (χ1n) is 5.95. The van der Waals surface area contributed by atoms with Crippen LogP contribution in [-0.4, -0.2) is 47.0 Å². The Balaban J connectivity index is 4.31. The molecule has 0 bridgehead atoms. The third-order valence-corrected chi connectivity index (χ3v) is 3.17. The summed E-state index contributed by atoms with van der Waals surface area (Å²) < 4.78 is 4.86. The van der Waals surface area contributed by atoms with E-state index in [1.165, 1.54) is 0 Å². The lowest BCUT2D eigenvalue weighted by Crippen LogP contribution is -2.42. The smallest absolute Gasteiger partial charge is 0.325 e. The van der Waals surface area contributed by atoms with Crippen LogP contribution >= 0.6 is 11.8 Å². The quantitative estimate of drug-likeness (QED) is 0.657. The van der Waals surface area contributed by atoms with E-state index in [0.29, 0.717) is 17.6 Å². The topological polar surface area (TPSA) is 46.6 Å². The zero-order valence-corrected chi connectivity index (χ0v) is 12.2. The van der Waals surface area contributed by atoms with Crippen molar-refractivity contribution < 1.29 is 14.3 Å². The highest BCUT2D eigenvalue weighted by molar-refractivity contribution is 8.00. The van der Waals surface area contributed by atoms with Gasteiger partial charge in [0.2, 0.25) is 5.91 Å². The van der Waals surface area contributed by atoms with Crippen LogP contribution in [0.25, 0.3) is 0 Å². The maximum absolute atomic E-state index is 11.9. The summed E-state index contributed by atoms with van der Waals surface area (Å²) in [6, 6.07) is 0.0136. The molecule has 0 spiro atoms. The fourth-order valence-electron chi connectivity index (χ4n) is 1.23. The van der Waals surface area contributed by atoms with Gasteiger partial charge in [0.05, 0.1) is 12.4 Å². The molecule has 0 saturated heterocycles. The first-order valence-corrected chi connectivity index (χ1v) is 7.00. The summed E-state index contributed by atoms with van der Waals surface area (Å²) >= 11 is 1.58. The first-order chi connectivity index (χ1) is 7.88. The minimum atomic E-state index is -0.343. The molecule has 5 heteroatoms. The van der Waals surface area contributed by atoms with E-state index in [2.05, 4.69) is 0 Å². The van der Waals surface area contributed by atoms with E-state index in [1.807, 2.05) is 27.7 Å². The third kappa shape index (κ3) is 7.26. The Hall–Kier alpha value is -0.710. The minimum absolute atomic E-state index is 0.00764. The summed E-state index contributed by atoms with van der Waals surface area (Å²) in [6.07, 6.45) is 0. The number of hydrogen-bond donors (Lipinski definition) is 0. The molecular formula is C12H23NO3S. The number of ether oxygens (including phenoxy) is 1. The van der Waals surface area contributed by atoms with Gasteiger partial charge < -0.3 is 9.64 Å². The summed E-state index contributed by atoms with van der Waals surface area (Å²) in [4.78, 5) is 24.9. The second-order valence-electron chi connectivity index (χ2n) is 4.28. The molecule has 1 amide bonds. The van der Waals surface area contributed by atoms with Crippen molar-refractivity contribution in [3.05, 3.63) is 0 Å². The van der Waals surface area contributed by atoms with Crippen molar-refractivity contribution in [2.24, 2.45) is 0 Å². The van der Waals surface area contributed by atoms with Gasteiger partial charge in [-0.05, 0) is 26.0 Å². The fourth-order valence-corrected chi connectivity index (χ4v) is 1.87. The molecule has 0 aromatic heterocycles. The van der Waals surface area contributed by atoms with Crippen LogP contribution in [0.3, 0.4) is 0 Å². The fraction of sp³-hybridized carbons (Fsp3) is 0.833. The maximum Gasteiger partial charge on any atom is 0.325 e. The Morgan fingerprint density at radius 2 is 1.82 bits per heavy atom. The molecule has 4 nitrogen and oxygen atoms in total. The molecule has 0 fully saturated rings. The second kappa shape index (κ2) is 8.39. The summed E-state index contributed by atoms with van der Waals surface area (Å²) in [5.41, 5.74) is 0. The number of amides is 1. The van der Waals surface area contributed by atoms with E-state index >= 15 is 0 Å². The molecule has 0 aliphatic heterocycles. The number of nitrogens with zero attached hydrogens (tertiary/aromatic N) is 1. The van der Waals surface area contributed by atoms with Crippen LogP contribution in [0, 0.1) is 0 Å². The lowest BCUT2D eigenvalue weighted by atomic mass is 10.3. The predicted octanol–water partition coefficient (Wildman–Crippen LogP) is 1.93. The highest BCUT2D eigenvalue weighted by Crippen LogP contribution is 2.11. The standard InChI is InChI=1S/C12H23NO3S/c1-6-16-12(15)7-13(9(2)3)11(14)8-17-10(4)5/h9-10H,6-8H2,1-5H3. The Labute approximate surface area is 108 Å². The molecule has 0 unspecified atom stereocenters. The van der Waals surface area contributed by atoms with Crippen LogP contribution in [0.5, 0.6) is 0 Å². The van der Waals surface area contributed by atoms with Crippen molar-refractivity contribution in [1.82, 2.24) is 4.90 Å². The zero-order valence-electron chi connectivity index (χ0n) is 11.4. The van der Waals surface area contributed by atoms with Gasteiger partial charge in [-0.15, -0.1) is 11.8 Å². The number of rotatable bonds is 7. The van der Waals surface area contributed by atoms with Gasteiger partial charge >= 0.3 is 5.97 Å². The zero-order chi connectivity index (χ0) is 13.4. The predicted molar refractivity (Wildman–Crippen MR) is 71.1 cm³/mol. The van der Waals surface area contributed by atoms with Crippen LogP contribution in [0.1, 0.15) is 34.6 Å². The Bertz CT molecular complexity index is 254. The summed E-state index contributed by atoms with van der Waals surface area (Å²) in [5.74, 6) is 0.0609. The summed E-state index contributed by atoms with van der Waals surface area (Å²) in [7, 11) is 0. The number of carbonyl (C=O) groups is 2. The highest BCUT2D eigenvalue weighted by atomic mass is 32.2. The number of thioether (sulfide) groups is 1.